The molecule has 128 valence electrons. The predicted molar refractivity (Wildman–Crippen MR) is 91.8 cm³/mol. The Balaban J connectivity index is 1.76. The number of benzene rings is 1. The molecule has 1 fully saturated rings. The summed E-state index contributed by atoms with van der Waals surface area (Å²) in [7, 11) is 1.69. The predicted octanol–water partition coefficient (Wildman–Crippen LogP) is 1.65. The Morgan fingerprint density at radius 2 is 2.25 bits per heavy atom. The summed E-state index contributed by atoms with van der Waals surface area (Å²) in [5, 5.41) is 7.23. The summed E-state index contributed by atoms with van der Waals surface area (Å²) in [5.41, 5.74) is 2.33. The van der Waals surface area contributed by atoms with Crippen LogP contribution in [0.2, 0.25) is 0 Å². The van der Waals surface area contributed by atoms with Gasteiger partial charge in [0.1, 0.15) is 5.75 Å². The minimum atomic E-state index is 0.137. The van der Waals surface area contributed by atoms with E-state index in [0.717, 1.165) is 24.4 Å². The smallest absolute Gasteiger partial charge is 0.221 e. The number of hydrogen-bond donors (Lipinski definition) is 1. The topological polar surface area (TPSA) is 59.4 Å². The van der Waals surface area contributed by atoms with Crippen molar-refractivity contribution in [3.05, 3.63) is 47.8 Å². The largest absolute Gasteiger partial charge is 0.496 e. The van der Waals surface area contributed by atoms with Crippen LogP contribution in [0, 0.1) is 0 Å². The van der Waals surface area contributed by atoms with E-state index in [0.29, 0.717) is 25.6 Å². The molecule has 1 amide bonds. The first kappa shape index (κ1) is 16.5. The van der Waals surface area contributed by atoms with Crippen LogP contribution in [0.25, 0.3) is 0 Å². The average molecular weight is 328 g/mol. The van der Waals surface area contributed by atoms with Crippen LogP contribution >= 0.6 is 0 Å². The Labute approximate surface area is 142 Å². The van der Waals surface area contributed by atoms with Crippen LogP contribution in [-0.4, -0.2) is 46.8 Å². The molecule has 1 aromatic heterocycles. The SMILES string of the molecule is COc1ccc(CN2CCC(=O)NC[C@H]2C)cc1Cn1cccn1. The number of hydrogen-bond acceptors (Lipinski definition) is 4. The maximum absolute atomic E-state index is 11.6. The molecule has 2 heterocycles. The van der Waals surface area contributed by atoms with Gasteiger partial charge in [0.2, 0.25) is 5.91 Å². The molecule has 6 nitrogen and oxygen atoms in total. The van der Waals surface area contributed by atoms with Gasteiger partial charge < -0.3 is 10.1 Å². The highest BCUT2D eigenvalue weighted by Gasteiger charge is 2.20. The number of nitrogens with one attached hydrogen (secondary N) is 1. The molecule has 2 aromatic rings. The number of carbonyl (C=O) groups excluding carboxylic acids is 1. The van der Waals surface area contributed by atoms with Gasteiger partial charge in [-0.1, -0.05) is 6.07 Å². The maximum Gasteiger partial charge on any atom is 0.221 e. The highest BCUT2D eigenvalue weighted by molar-refractivity contribution is 5.76. The number of methoxy groups -OCH3 is 1. The van der Waals surface area contributed by atoms with Crippen molar-refractivity contribution in [2.75, 3.05) is 20.2 Å². The number of nitrogens with zero attached hydrogens (tertiary/aromatic N) is 3. The Hall–Kier alpha value is -2.34. The van der Waals surface area contributed by atoms with Crippen LogP contribution in [0.15, 0.2) is 36.7 Å². The van der Waals surface area contributed by atoms with Crippen molar-refractivity contribution in [3.63, 3.8) is 0 Å². The van der Waals surface area contributed by atoms with E-state index in [1.165, 1.54) is 5.56 Å². The Bertz CT molecular complexity index is 684. The molecule has 1 N–H and O–H groups in total. The summed E-state index contributed by atoms with van der Waals surface area (Å²) in [4.78, 5) is 13.9. The van der Waals surface area contributed by atoms with E-state index in [-0.39, 0.29) is 5.91 Å². The molecule has 0 unspecified atom stereocenters. The van der Waals surface area contributed by atoms with Crippen molar-refractivity contribution in [2.24, 2.45) is 0 Å². The lowest BCUT2D eigenvalue weighted by molar-refractivity contribution is -0.120. The van der Waals surface area contributed by atoms with Gasteiger partial charge in [-0.25, -0.2) is 0 Å². The van der Waals surface area contributed by atoms with Gasteiger partial charge in [0, 0.05) is 50.1 Å². The number of amides is 1. The van der Waals surface area contributed by atoms with E-state index >= 15 is 0 Å². The first-order chi connectivity index (χ1) is 11.7. The molecular formula is C18H24N4O2. The summed E-state index contributed by atoms with van der Waals surface area (Å²) in [6, 6.07) is 8.53. The zero-order chi connectivity index (χ0) is 16.9. The number of ether oxygens (including phenoxy) is 1. The van der Waals surface area contributed by atoms with Gasteiger partial charge >= 0.3 is 0 Å². The molecule has 0 radical (unpaired) electrons. The van der Waals surface area contributed by atoms with Gasteiger partial charge in [-0.2, -0.15) is 5.10 Å². The molecule has 24 heavy (non-hydrogen) atoms. The molecule has 0 bridgehead atoms. The molecule has 1 aliphatic heterocycles. The molecule has 1 saturated heterocycles. The third kappa shape index (κ3) is 3.94. The molecule has 0 aliphatic carbocycles. The van der Waals surface area contributed by atoms with Crippen LogP contribution in [0.5, 0.6) is 5.75 Å². The summed E-state index contributed by atoms with van der Waals surface area (Å²) < 4.78 is 7.37. The van der Waals surface area contributed by atoms with Crippen LogP contribution in [0.3, 0.4) is 0 Å². The molecule has 0 spiro atoms. The van der Waals surface area contributed by atoms with Crippen LogP contribution in [0.1, 0.15) is 24.5 Å². The van der Waals surface area contributed by atoms with Crippen molar-refractivity contribution >= 4 is 5.91 Å². The zero-order valence-corrected chi connectivity index (χ0v) is 14.2. The summed E-state index contributed by atoms with van der Waals surface area (Å²) in [6.45, 7) is 5.15. The first-order valence-electron chi connectivity index (χ1n) is 8.29. The molecule has 1 aromatic carbocycles. The summed E-state index contributed by atoms with van der Waals surface area (Å²) in [6.07, 6.45) is 4.28. The first-order valence-corrected chi connectivity index (χ1v) is 8.29. The minimum absolute atomic E-state index is 0.137. The Morgan fingerprint density at radius 1 is 1.38 bits per heavy atom. The Morgan fingerprint density at radius 3 is 3.00 bits per heavy atom. The van der Waals surface area contributed by atoms with Gasteiger partial charge in [0.15, 0.2) is 0 Å². The standard InChI is InChI=1S/C18H24N4O2/c1-14-11-19-18(23)6-9-21(14)12-15-4-5-17(24-2)16(10-15)13-22-8-3-7-20-22/h3-5,7-8,10,14H,6,9,11-13H2,1-2H3,(H,19,23)/t14-/m1/s1. The second kappa shape index (κ2) is 7.49. The molecule has 6 heteroatoms. The van der Waals surface area contributed by atoms with Gasteiger partial charge in [-0.05, 0) is 30.7 Å². The number of carbonyl (C=O) groups is 1. The fourth-order valence-electron chi connectivity index (χ4n) is 3.04. The highest BCUT2D eigenvalue weighted by Crippen LogP contribution is 2.22. The molecule has 0 saturated carbocycles. The van der Waals surface area contributed by atoms with Crippen LogP contribution in [0.4, 0.5) is 0 Å². The van der Waals surface area contributed by atoms with Crippen molar-refractivity contribution in [1.82, 2.24) is 20.0 Å². The lowest BCUT2D eigenvalue weighted by Crippen LogP contribution is -2.37. The zero-order valence-electron chi connectivity index (χ0n) is 14.2. The maximum atomic E-state index is 11.6. The quantitative estimate of drug-likeness (QED) is 0.907. The summed E-state index contributed by atoms with van der Waals surface area (Å²) >= 11 is 0. The van der Waals surface area contributed by atoms with Crippen molar-refractivity contribution in [2.45, 2.75) is 32.5 Å². The second-order valence-corrected chi connectivity index (χ2v) is 6.22. The van der Waals surface area contributed by atoms with Crippen molar-refractivity contribution in [1.29, 1.82) is 0 Å². The van der Waals surface area contributed by atoms with Gasteiger partial charge in [-0.15, -0.1) is 0 Å². The van der Waals surface area contributed by atoms with Gasteiger partial charge in [0.05, 0.1) is 13.7 Å². The van der Waals surface area contributed by atoms with E-state index in [1.807, 2.05) is 23.0 Å². The van der Waals surface area contributed by atoms with Crippen LogP contribution in [-0.2, 0) is 17.9 Å². The van der Waals surface area contributed by atoms with E-state index in [9.17, 15) is 4.79 Å². The molecular weight excluding hydrogens is 304 g/mol. The van der Waals surface area contributed by atoms with Gasteiger partial charge in [-0.3, -0.25) is 14.4 Å². The monoisotopic (exact) mass is 328 g/mol. The van der Waals surface area contributed by atoms with Crippen molar-refractivity contribution < 1.29 is 9.53 Å². The van der Waals surface area contributed by atoms with E-state index in [4.69, 9.17) is 4.74 Å². The molecule has 1 aliphatic rings. The van der Waals surface area contributed by atoms with Gasteiger partial charge in [0.25, 0.3) is 0 Å². The molecule has 3 rings (SSSR count). The highest BCUT2D eigenvalue weighted by atomic mass is 16.5. The van der Waals surface area contributed by atoms with Crippen LogP contribution < -0.4 is 10.1 Å². The van der Waals surface area contributed by atoms with Crippen molar-refractivity contribution in [3.8, 4) is 5.75 Å². The van der Waals surface area contributed by atoms with E-state index in [1.54, 1.807) is 13.3 Å². The fraction of sp³-hybridized carbons (Fsp3) is 0.444. The fourth-order valence-corrected chi connectivity index (χ4v) is 3.04. The van der Waals surface area contributed by atoms with E-state index < -0.39 is 0 Å². The third-order valence-corrected chi connectivity index (χ3v) is 4.47. The second-order valence-electron chi connectivity index (χ2n) is 6.22. The summed E-state index contributed by atoms with van der Waals surface area (Å²) in [5.74, 6) is 1.01. The third-order valence-electron chi connectivity index (χ3n) is 4.47. The Kier molecular flexibility index (Phi) is 5.15. The average Bonchev–Trinajstić information content (AvgIpc) is 3.04. The number of rotatable bonds is 5. The normalized spacial score (nSPS) is 18.9. The molecule has 1 atom stereocenters. The van der Waals surface area contributed by atoms with E-state index in [2.05, 4.69) is 34.4 Å². The lowest BCUT2D eigenvalue weighted by Gasteiger charge is -2.26. The lowest BCUT2D eigenvalue weighted by atomic mass is 10.1. The minimum Gasteiger partial charge on any atom is -0.496 e. The number of aromatic nitrogens is 2.